The molecule has 1 fully saturated rings. The third-order valence-corrected chi connectivity index (χ3v) is 1.87. The van der Waals surface area contributed by atoms with E-state index in [-0.39, 0.29) is 0 Å². The van der Waals surface area contributed by atoms with Crippen molar-refractivity contribution in [2.75, 3.05) is 26.2 Å². The van der Waals surface area contributed by atoms with Gasteiger partial charge in [0, 0.05) is 13.1 Å². The lowest BCUT2D eigenvalue weighted by Crippen LogP contribution is -2.18. The van der Waals surface area contributed by atoms with Crippen LogP contribution in [-0.2, 0) is 0 Å². The van der Waals surface area contributed by atoms with Gasteiger partial charge < -0.3 is 5.73 Å². The highest BCUT2D eigenvalue weighted by Gasteiger charge is 2.08. The summed E-state index contributed by atoms with van der Waals surface area (Å²) in [5.74, 6) is 0. The van der Waals surface area contributed by atoms with Gasteiger partial charge in [-0.2, -0.15) is 0 Å². The first kappa shape index (κ1) is 7.76. The molecule has 0 unspecified atom stereocenters. The number of hydrogen-bond acceptors (Lipinski definition) is 2. The zero-order chi connectivity index (χ0) is 7.23. The second kappa shape index (κ2) is 4.47. The van der Waals surface area contributed by atoms with Crippen molar-refractivity contribution < 1.29 is 0 Å². The molecule has 0 bridgehead atoms. The van der Waals surface area contributed by atoms with Crippen LogP contribution in [0.4, 0.5) is 0 Å². The van der Waals surface area contributed by atoms with E-state index in [2.05, 4.69) is 11.0 Å². The van der Waals surface area contributed by atoms with Crippen molar-refractivity contribution in [2.45, 2.75) is 12.8 Å². The van der Waals surface area contributed by atoms with Gasteiger partial charge in [-0.15, -0.1) is 0 Å². The molecule has 0 saturated carbocycles. The van der Waals surface area contributed by atoms with Crippen molar-refractivity contribution >= 4 is 0 Å². The van der Waals surface area contributed by atoms with E-state index in [9.17, 15) is 0 Å². The van der Waals surface area contributed by atoms with Gasteiger partial charge in [-0.05, 0) is 25.9 Å². The summed E-state index contributed by atoms with van der Waals surface area (Å²) in [4.78, 5) is 2.45. The first-order valence-electron chi connectivity index (χ1n) is 4.01. The third-order valence-electron chi connectivity index (χ3n) is 1.87. The lowest BCUT2D eigenvalue weighted by molar-refractivity contribution is 0.377. The SMILES string of the molecule is NCC=CCN1CCCC1. The minimum atomic E-state index is 0.674. The van der Waals surface area contributed by atoms with Crippen molar-refractivity contribution in [1.82, 2.24) is 4.90 Å². The molecule has 0 aliphatic carbocycles. The average Bonchev–Trinajstić information content (AvgIpc) is 2.41. The van der Waals surface area contributed by atoms with Gasteiger partial charge in [0.2, 0.25) is 0 Å². The largest absolute Gasteiger partial charge is 0.327 e. The maximum atomic E-state index is 5.31. The van der Waals surface area contributed by atoms with Gasteiger partial charge in [0.05, 0.1) is 0 Å². The van der Waals surface area contributed by atoms with Gasteiger partial charge in [-0.3, -0.25) is 4.90 Å². The Morgan fingerprint density at radius 1 is 1.20 bits per heavy atom. The summed E-state index contributed by atoms with van der Waals surface area (Å²) in [7, 11) is 0. The summed E-state index contributed by atoms with van der Waals surface area (Å²) in [5.41, 5.74) is 5.31. The fraction of sp³-hybridized carbons (Fsp3) is 0.750. The summed E-state index contributed by atoms with van der Waals surface area (Å²) in [6.07, 6.45) is 6.93. The summed E-state index contributed by atoms with van der Waals surface area (Å²) in [6.45, 7) is 4.31. The Morgan fingerprint density at radius 3 is 2.50 bits per heavy atom. The maximum absolute atomic E-state index is 5.31. The number of rotatable bonds is 3. The van der Waals surface area contributed by atoms with Crippen molar-refractivity contribution in [3.63, 3.8) is 0 Å². The molecule has 2 N–H and O–H groups in total. The number of likely N-dealkylation sites (tertiary alicyclic amines) is 1. The Morgan fingerprint density at radius 2 is 1.90 bits per heavy atom. The number of nitrogens with zero attached hydrogens (tertiary/aromatic N) is 1. The van der Waals surface area contributed by atoms with Crippen molar-refractivity contribution in [3.05, 3.63) is 12.2 Å². The monoisotopic (exact) mass is 140 g/mol. The molecule has 0 aromatic rings. The minimum Gasteiger partial charge on any atom is -0.327 e. The molecule has 1 rings (SSSR count). The van der Waals surface area contributed by atoms with Crippen LogP contribution in [0.25, 0.3) is 0 Å². The molecule has 58 valence electrons. The lowest BCUT2D eigenvalue weighted by Gasteiger charge is -2.09. The summed E-state index contributed by atoms with van der Waals surface area (Å²) in [6, 6.07) is 0. The topological polar surface area (TPSA) is 29.3 Å². The summed E-state index contributed by atoms with van der Waals surface area (Å²) in [5, 5.41) is 0. The molecule has 0 radical (unpaired) electrons. The van der Waals surface area contributed by atoms with Crippen molar-refractivity contribution in [2.24, 2.45) is 5.73 Å². The molecule has 0 aromatic heterocycles. The van der Waals surface area contributed by atoms with E-state index in [1.165, 1.54) is 25.9 Å². The predicted molar refractivity (Wildman–Crippen MR) is 43.9 cm³/mol. The molecule has 1 heterocycles. The molecule has 1 saturated heterocycles. The fourth-order valence-electron chi connectivity index (χ4n) is 1.29. The van der Waals surface area contributed by atoms with E-state index in [1.807, 2.05) is 6.08 Å². The van der Waals surface area contributed by atoms with Gasteiger partial charge in [-0.25, -0.2) is 0 Å². The molecule has 0 aromatic carbocycles. The third kappa shape index (κ3) is 2.50. The highest BCUT2D eigenvalue weighted by molar-refractivity contribution is 4.86. The van der Waals surface area contributed by atoms with Gasteiger partial charge in [-0.1, -0.05) is 12.2 Å². The summed E-state index contributed by atoms with van der Waals surface area (Å²) >= 11 is 0. The van der Waals surface area contributed by atoms with Crippen molar-refractivity contribution in [3.8, 4) is 0 Å². The molecule has 0 atom stereocenters. The maximum Gasteiger partial charge on any atom is 0.0163 e. The smallest absolute Gasteiger partial charge is 0.0163 e. The van der Waals surface area contributed by atoms with Gasteiger partial charge >= 0.3 is 0 Å². The molecule has 10 heavy (non-hydrogen) atoms. The Balaban J connectivity index is 2.06. The van der Waals surface area contributed by atoms with E-state index in [4.69, 9.17) is 5.73 Å². The van der Waals surface area contributed by atoms with Crippen LogP contribution in [0.2, 0.25) is 0 Å². The van der Waals surface area contributed by atoms with E-state index in [0.717, 1.165) is 6.54 Å². The van der Waals surface area contributed by atoms with Crippen LogP contribution in [0, 0.1) is 0 Å². The second-order valence-corrected chi connectivity index (χ2v) is 2.71. The highest BCUT2D eigenvalue weighted by atomic mass is 15.1. The lowest BCUT2D eigenvalue weighted by atomic mass is 10.4. The van der Waals surface area contributed by atoms with Gasteiger partial charge in [0.1, 0.15) is 0 Å². The number of nitrogens with two attached hydrogens (primary N) is 1. The van der Waals surface area contributed by atoms with Crippen LogP contribution in [0.1, 0.15) is 12.8 Å². The van der Waals surface area contributed by atoms with Crippen LogP contribution in [0.3, 0.4) is 0 Å². The quantitative estimate of drug-likeness (QED) is 0.582. The molecule has 2 heteroatoms. The van der Waals surface area contributed by atoms with Gasteiger partial charge in [0.15, 0.2) is 0 Å². The highest BCUT2D eigenvalue weighted by Crippen LogP contribution is 2.05. The molecular formula is C8H16N2. The molecule has 2 nitrogen and oxygen atoms in total. The first-order chi connectivity index (χ1) is 4.93. The van der Waals surface area contributed by atoms with E-state index >= 15 is 0 Å². The predicted octanol–water partition coefficient (Wildman–Crippen LogP) is 0.597. The molecule has 1 aliphatic rings. The van der Waals surface area contributed by atoms with Crippen molar-refractivity contribution in [1.29, 1.82) is 0 Å². The van der Waals surface area contributed by atoms with Crippen LogP contribution in [0.5, 0.6) is 0 Å². The molecule has 0 spiro atoms. The first-order valence-corrected chi connectivity index (χ1v) is 4.01. The standard InChI is InChI=1S/C8H16N2/c9-5-1-2-6-10-7-3-4-8-10/h1-2H,3-9H2. The zero-order valence-corrected chi connectivity index (χ0v) is 6.42. The number of hydrogen-bond donors (Lipinski definition) is 1. The van der Waals surface area contributed by atoms with Gasteiger partial charge in [0.25, 0.3) is 0 Å². The minimum absolute atomic E-state index is 0.674. The normalized spacial score (nSPS) is 20.9. The van der Waals surface area contributed by atoms with Crippen LogP contribution in [-0.4, -0.2) is 31.1 Å². The second-order valence-electron chi connectivity index (χ2n) is 2.71. The Kier molecular flexibility index (Phi) is 3.47. The fourth-order valence-corrected chi connectivity index (χ4v) is 1.29. The van der Waals surface area contributed by atoms with E-state index in [1.54, 1.807) is 0 Å². The Bertz CT molecular complexity index is 104. The molecule has 0 amide bonds. The van der Waals surface area contributed by atoms with E-state index < -0.39 is 0 Å². The van der Waals surface area contributed by atoms with E-state index in [0.29, 0.717) is 6.54 Å². The van der Waals surface area contributed by atoms with Crippen LogP contribution in [0.15, 0.2) is 12.2 Å². The Hall–Kier alpha value is -0.340. The molecule has 1 aliphatic heterocycles. The molecular weight excluding hydrogens is 124 g/mol. The zero-order valence-electron chi connectivity index (χ0n) is 6.42. The Labute approximate surface area is 62.7 Å². The summed E-state index contributed by atoms with van der Waals surface area (Å²) < 4.78 is 0. The van der Waals surface area contributed by atoms with Crippen LogP contribution < -0.4 is 5.73 Å². The van der Waals surface area contributed by atoms with Crippen LogP contribution >= 0.6 is 0 Å². The average molecular weight is 140 g/mol.